The van der Waals surface area contributed by atoms with Gasteiger partial charge in [0.2, 0.25) is 0 Å². The van der Waals surface area contributed by atoms with Crippen LogP contribution in [0.2, 0.25) is 0 Å². The van der Waals surface area contributed by atoms with Gasteiger partial charge < -0.3 is 14.4 Å². The predicted octanol–water partition coefficient (Wildman–Crippen LogP) is 5.00. The molecular formula is C24H25NO3S. The highest BCUT2D eigenvalue weighted by Gasteiger charge is 2.23. The SMILES string of the molecule is O=C(COc1ccccc1-c1ccccc1)N(Cc1cccs1)CC1CCCO1. The van der Waals surface area contributed by atoms with Crippen LogP contribution in [0.4, 0.5) is 0 Å². The van der Waals surface area contributed by atoms with E-state index >= 15 is 0 Å². The molecule has 1 saturated heterocycles. The van der Waals surface area contributed by atoms with Gasteiger partial charge in [0.05, 0.1) is 12.6 Å². The molecule has 0 N–H and O–H groups in total. The monoisotopic (exact) mass is 407 g/mol. The summed E-state index contributed by atoms with van der Waals surface area (Å²) in [4.78, 5) is 16.1. The quantitative estimate of drug-likeness (QED) is 0.527. The van der Waals surface area contributed by atoms with E-state index in [0.29, 0.717) is 13.1 Å². The molecule has 0 spiro atoms. The third kappa shape index (κ3) is 5.25. The van der Waals surface area contributed by atoms with Crippen LogP contribution in [-0.4, -0.2) is 36.7 Å². The maximum Gasteiger partial charge on any atom is 0.260 e. The molecule has 3 aromatic rings. The van der Waals surface area contributed by atoms with Gasteiger partial charge in [0.1, 0.15) is 5.75 Å². The van der Waals surface area contributed by atoms with E-state index in [1.807, 2.05) is 70.9 Å². The third-order valence-electron chi connectivity index (χ3n) is 5.05. The van der Waals surface area contributed by atoms with Crippen LogP contribution in [0.3, 0.4) is 0 Å². The van der Waals surface area contributed by atoms with Gasteiger partial charge in [-0.05, 0) is 35.9 Å². The maximum atomic E-state index is 13.0. The van der Waals surface area contributed by atoms with Crippen LogP contribution >= 0.6 is 11.3 Å². The molecule has 0 radical (unpaired) electrons. The number of para-hydroxylation sites is 1. The summed E-state index contributed by atoms with van der Waals surface area (Å²) in [5, 5.41) is 2.04. The number of carbonyl (C=O) groups excluding carboxylic acids is 1. The molecule has 2 heterocycles. The highest BCUT2D eigenvalue weighted by atomic mass is 32.1. The molecule has 29 heavy (non-hydrogen) atoms. The van der Waals surface area contributed by atoms with Crippen LogP contribution in [-0.2, 0) is 16.1 Å². The highest BCUT2D eigenvalue weighted by molar-refractivity contribution is 7.09. The molecule has 0 bridgehead atoms. The van der Waals surface area contributed by atoms with Crippen LogP contribution in [0.15, 0.2) is 72.1 Å². The lowest BCUT2D eigenvalue weighted by Gasteiger charge is -2.25. The minimum absolute atomic E-state index is 0.0158. The normalized spacial score (nSPS) is 15.9. The Kier molecular flexibility index (Phi) is 6.60. The zero-order valence-electron chi connectivity index (χ0n) is 16.3. The molecular weight excluding hydrogens is 382 g/mol. The molecule has 1 unspecified atom stereocenters. The Morgan fingerprint density at radius 1 is 1.07 bits per heavy atom. The molecule has 5 heteroatoms. The summed E-state index contributed by atoms with van der Waals surface area (Å²) >= 11 is 1.67. The Morgan fingerprint density at radius 3 is 2.66 bits per heavy atom. The lowest BCUT2D eigenvalue weighted by molar-refractivity contribution is -0.135. The average Bonchev–Trinajstić information content (AvgIpc) is 3.47. The van der Waals surface area contributed by atoms with Gasteiger partial charge in [-0.15, -0.1) is 11.3 Å². The van der Waals surface area contributed by atoms with E-state index in [4.69, 9.17) is 9.47 Å². The standard InChI is InChI=1S/C24H25NO3S/c26-24(25(16-20-10-6-14-27-20)17-21-11-7-15-29-21)18-28-23-13-5-4-12-22(23)19-8-2-1-3-9-19/h1-5,7-9,11-13,15,20H,6,10,14,16-18H2. The summed E-state index contributed by atoms with van der Waals surface area (Å²) in [6, 6.07) is 22.0. The minimum Gasteiger partial charge on any atom is -0.483 e. The Balaban J connectivity index is 1.45. The van der Waals surface area contributed by atoms with Crippen molar-refractivity contribution in [3.8, 4) is 16.9 Å². The molecule has 1 atom stereocenters. The van der Waals surface area contributed by atoms with Gasteiger partial charge in [0.15, 0.2) is 6.61 Å². The van der Waals surface area contributed by atoms with Gasteiger partial charge in [-0.1, -0.05) is 54.6 Å². The van der Waals surface area contributed by atoms with Crippen molar-refractivity contribution in [3.63, 3.8) is 0 Å². The molecule has 1 aliphatic rings. The van der Waals surface area contributed by atoms with Crippen molar-refractivity contribution in [2.24, 2.45) is 0 Å². The number of hydrogen-bond donors (Lipinski definition) is 0. The first-order chi connectivity index (χ1) is 14.3. The van der Waals surface area contributed by atoms with Crippen LogP contribution < -0.4 is 4.74 Å². The van der Waals surface area contributed by atoms with Crippen LogP contribution in [0.5, 0.6) is 5.75 Å². The van der Waals surface area contributed by atoms with Crippen molar-refractivity contribution >= 4 is 17.2 Å². The number of carbonyl (C=O) groups is 1. The van der Waals surface area contributed by atoms with Crippen molar-refractivity contribution in [2.45, 2.75) is 25.5 Å². The van der Waals surface area contributed by atoms with Crippen molar-refractivity contribution < 1.29 is 14.3 Å². The summed E-state index contributed by atoms with van der Waals surface area (Å²) in [7, 11) is 0. The van der Waals surface area contributed by atoms with E-state index in [1.54, 1.807) is 11.3 Å². The van der Waals surface area contributed by atoms with Crippen molar-refractivity contribution in [1.29, 1.82) is 0 Å². The van der Waals surface area contributed by atoms with Gasteiger partial charge >= 0.3 is 0 Å². The summed E-state index contributed by atoms with van der Waals surface area (Å²) in [6.45, 7) is 2.01. The summed E-state index contributed by atoms with van der Waals surface area (Å²) in [5.74, 6) is 0.706. The zero-order chi connectivity index (χ0) is 19.9. The number of nitrogens with zero attached hydrogens (tertiary/aromatic N) is 1. The van der Waals surface area contributed by atoms with E-state index in [-0.39, 0.29) is 18.6 Å². The van der Waals surface area contributed by atoms with Crippen LogP contribution in [0.25, 0.3) is 11.1 Å². The molecule has 150 valence electrons. The first-order valence-electron chi connectivity index (χ1n) is 9.98. The van der Waals surface area contributed by atoms with Crippen LogP contribution in [0, 0.1) is 0 Å². The van der Waals surface area contributed by atoms with Crippen molar-refractivity contribution in [1.82, 2.24) is 4.90 Å². The van der Waals surface area contributed by atoms with Gasteiger partial charge in [-0.25, -0.2) is 0 Å². The lowest BCUT2D eigenvalue weighted by atomic mass is 10.1. The first-order valence-corrected chi connectivity index (χ1v) is 10.9. The topological polar surface area (TPSA) is 38.8 Å². The summed E-state index contributed by atoms with van der Waals surface area (Å²) < 4.78 is 11.8. The van der Waals surface area contributed by atoms with E-state index < -0.39 is 0 Å². The first kappa shape index (κ1) is 19.7. The van der Waals surface area contributed by atoms with Gasteiger partial charge in [0, 0.05) is 23.6 Å². The van der Waals surface area contributed by atoms with E-state index in [9.17, 15) is 4.79 Å². The van der Waals surface area contributed by atoms with Gasteiger partial charge in [-0.2, -0.15) is 0 Å². The molecule has 1 fully saturated rings. The fourth-order valence-corrected chi connectivity index (χ4v) is 4.28. The van der Waals surface area contributed by atoms with E-state index in [2.05, 4.69) is 6.07 Å². The molecule has 0 saturated carbocycles. The molecule has 0 aliphatic carbocycles. The largest absolute Gasteiger partial charge is 0.483 e. The van der Waals surface area contributed by atoms with Gasteiger partial charge in [0.25, 0.3) is 5.91 Å². The van der Waals surface area contributed by atoms with Crippen LogP contribution in [0.1, 0.15) is 17.7 Å². The summed E-state index contributed by atoms with van der Waals surface area (Å²) in [6.07, 6.45) is 2.19. The average molecular weight is 408 g/mol. The fourth-order valence-electron chi connectivity index (χ4n) is 3.56. The number of amides is 1. The molecule has 1 aliphatic heterocycles. The molecule has 1 aromatic heterocycles. The number of ether oxygens (including phenoxy) is 2. The van der Waals surface area contributed by atoms with Crippen molar-refractivity contribution in [3.05, 3.63) is 77.0 Å². The second-order valence-corrected chi connectivity index (χ2v) is 8.17. The second kappa shape index (κ2) is 9.72. The highest BCUT2D eigenvalue weighted by Crippen LogP contribution is 2.29. The fraction of sp³-hybridized carbons (Fsp3) is 0.292. The van der Waals surface area contributed by atoms with Gasteiger partial charge in [-0.3, -0.25) is 4.79 Å². The number of rotatable bonds is 8. The lowest BCUT2D eigenvalue weighted by Crippen LogP contribution is -2.39. The molecule has 4 nitrogen and oxygen atoms in total. The van der Waals surface area contributed by atoms with E-state index in [0.717, 1.165) is 36.3 Å². The maximum absolute atomic E-state index is 13.0. The minimum atomic E-state index is -0.0169. The number of thiophene rings is 1. The number of benzene rings is 2. The Labute approximate surface area is 175 Å². The Hall–Kier alpha value is -2.63. The third-order valence-corrected chi connectivity index (χ3v) is 5.91. The Morgan fingerprint density at radius 2 is 1.90 bits per heavy atom. The molecule has 4 rings (SSSR count). The predicted molar refractivity (Wildman–Crippen MR) is 116 cm³/mol. The molecule has 2 aromatic carbocycles. The van der Waals surface area contributed by atoms with E-state index in [1.165, 1.54) is 4.88 Å². The number of hydrogen-bond acceptors (Lipinski definition) is 4. The van der Waals surface area contributed by atoms with Crippen molar-refractivity contribution in [2.75, 3.05) is 19.8 Å². The zero-order valence-corrected chi connectivity index (χ0v) is 17.1. The second-order valence-electron chi connectivity index (χ2n) is 7.14. The smallest absolute Gasteiger partial charge is 0.260 e. The molecule has 1 amide bonds. The Bertz CT molecular complexity index is 905. The summed E-state index contributed by atoms with van der Waals surface area (Å²) in [5.41, 5.74) is 2.06.